The Labute approximate surface area is 117 Å². The summed E-state index contributed by atoms with van der Waals surface area (Å²) >= 11 is 0. The molecule has 3 N–H and O–H groups in total. The smallest absolute Gasteiger partial charge is 0.356 e. The summed E-state index contributed by atoms with van der Waals surface area (Å²) in [6, 6.07) is -0.185. The van der Waals surface area contributed by atoms with Crippen molar-refractivity contribution in [3.05, 3.63) is 18.2 Å². The average molecular weight is 283 g/mol. The van der Waals surface area contributed by atoms with Crippen LogP contribution < -0.4 is 10.6 Å². The van der Waals surface area contributed by atoms with Crippen LogP contribution in [0.1, 0.15) is 17.4 Å². The molecule has 0 saturated carbocycles. The zero-order valence-electron chi connectivity index (χ0n) is 12.0. The number of hydrogen-bond acceptors (Lipinski definition) is 4. The minimum absolute atomic E-state index is 0.00550. The molecule has 1 aromatic heterocycles. The second-order valence-corrected chi connectivity index (χ2v) is 4.87. The number of imidazole rings is 1. The maximum atomic E-state index is 11.6. The molecule has 0 radical (unpaired) electrons. The molecule has 1 rings (SSSR count). The minimum Gasteiger partial charge on any atom is -0.476 e. The number of carbonyl (C=O) groups excluding carboxylic acids is 1. The fourth-order valence-corrected chi connectivity index (χ4v) is 1.76. The first-order chi connectivity index (χ1) is 9.38. The SMILES string of the molecule is CC(CN(C)C)NC(=O)NCCn1cnc(C(=O)O)c1. The van der Waals surface area contributed by atoms with Crippen molar-refractivity contribution in [3.63, 3.8) is 0 Å². The van der Waals surface area contributed by atoms with Crippen molar-refractivity contribution in [2.24, 2.45) is 0 Å². The van der Waals surface area contributed by atoms with E-state index >= 15 is 0 Å². The van der Waals surface area contributed by atoms with Gasteiger partial charge in [0.25, 0.3) is 0 Å². The van der Waals surface area contributed by atoms with Gasteiger partial charge in [-0.3, -0.25) is 0 Å². The largest absolute Gasteiger partial charge is 0.476 e. The highest BCUT2D eigenvalue weighted by Crippen LogP contribution is 1.95. The summed E-state index contributed by atoms with van der Waals surface area (Å²) in [4.78, 5) is 27.9. The van der Waals surface area contributed by atoms with Gasteiger partial charge < -0.3 is 25.2 Å². The number of nitrogens with zero attached hydrogens (tertiary/aromatic N) is 3. The fourth-order valence-electron chi connectivity index (χ4n) is 1.76. The van der Waals surface area contributed by atoms with Crippen molar-refractivity contribution in [2.45, 2.75) is 19.5 Å². The first kappa shape index (κ1) is 16.0. The minimum atomic E-state index is -1.06. The molecule has 0 saturated heterocycles. The van der Waals surface area contributed by atoms with Crippen molar-refractivity contribution < 1.29 is 14.7 Å². The molecular formula is C12H21N5O3. The Morgan fingerprint density at radius 1 is 1.50 bits per heavy atom. The summed E-state index contributed by atoms with van der Waals surface area (Å²) in [5, 5.41) is 14.2. The predicted octanol–water partition coefficient (Wildman–Crippen LogP) is -0.169. The molecule has 8 nitrogen and oxygen atoms in total. The molecule has 0 aliphatic heterocycles. The van der Waals surface area contributed by atoms with Crippen LogP contribution in [0.3, 0.4) is 0 Å². The van der Waals surface area contributed by atoms with Crippen LogP contribution in [0, 0.1) is 0 Å². The summed E-state index contributed by atoms with van der Waals surface area (Å²) in [6.07, 6.45) is 2.86. The third kappa shape index (κ3) is 5.70. The first-order valence-corrected chi connectivity index (χ1v) is 6.32. The Kier molecular flexibility index (Phi) is 5.98. The third-order valence-electron chi connectivity index (χ3n) is 2.52. The number of likely N-dealkylation sites (N-methyl/N-ethyl adjacent to an activating group) is 1. The molecule has 8 heteroatoms. The lowest BCUT2D eigenvalue weighted by molar-refractivity contribution is 0.0691. The number of carboxylic acid groups (broad SMARTS) is 1. The van der Waals surface area contributed by atoms with Gasteiger partial charge in [0.05, 0.1) is 6.33 Å². The van der Waals surface area contributed by atoms with Gasteiger partial charge in [-0.15, -0.1) is 0 Å². The van der Waals surface area contributed by atoms with E-state index in [1.54, 1.807) is 4.57 Å². The third-order valence-corrected chi connectivity index (χ3v) is 2.52. The molecule has 1 unspecified atom stereocenters. The predicted molar refractivity (Wildman–Crippen MR) is 73.7 cm³/mol. The molecule has 0 aliphatic carbocycles. The lowest BCUT2D eigenvalue weighted by Gasteiger charge is -2.18. The molecule has 2 amide bonds. The molecule has 112 valence electrons. The van der Waals surface area contributed by atoms with Gasteiger partial charge in [-0.1, -0.05) is 0 Å². The van der Waals surface area contributed by atoms with Gasteiger partial charge >= 0.3 is 12.0 Å². The maximum Gasteiger partial charge on any atom is 0.356 e. The molecule has 0 aromatic carbocycles. The van der Waals surface area contributed by atoms with Crippen molar-refractivity contribution in [2.75, 3.05) is 27.2 Å². The number of urea groups is 1. The number of hydrogen-bond donors (Lipinski definition) is 3. The molecule has 1 atom stereocenters. The molecular weight excluding hydrogens is 262 g/mol. The van der Waals surface area contributed by atoms with E-state index in [1.165, 1.54) is 12.5 Å². The lowest BCUT2D eigenvalue weighted by atomic mass is 10.3. The summed E-state index contributed by atoms with van der Waals surface area (Å²) in [6.45, 7) is 3.55. The summed E-state index contributed by atoms with van der Waals surface area (Å²) in [5.74, 6) is -1.06. The van der Waals surface area contributed by atoms with E-state index in [-0.39, 0.29) is 17.8 Å². The molecule has 0 spiro atoms. The highest BCUT2D eigenvalue weighted by molar-refractivity contribution is 5.84. The number of aromatic carboxylic acids is 1. The molecule has 0 fully saturated rings. The average Bonchev–Trinajstić information content (AvgIpc) is 2.76. The Balaban J connectivity index is 2.26. The van der Waals surface area contributed by atoms with Gasteiger partial charge in [-0.25, -0.2) is 14.6 Å². The molecule has 0 aliphatic rings. The Morgan fingerprint density at radius 3 is 2.75 bits per heavy atom. The van der Waals surface area contributed by atoms with Crippen molar-refractivity contribution in [1.82, 2.24) is 25.1 Å². The maximum absolute atomic E-state index is 11.6. The number of amides is 2. The highest BCUT2D eigenvalue weighted by Gasteiger charge is 2.08. The Morgan fingerprint density at radius 2 is 2.20 bits per heavy atom. The van der Waals surface area contributed by atoms with Gasteiger partial charge in [0.15, 0.2) is 5.69 Å². The van der Waals surface area contributed by atoms with Gasteiger partial charge in [0, 0.05) is 31.9 Å². The number of rotatable bonds is 7. The number of nitrogens with one attached hydrogen (secondary N) is 2. The quantitative estimate of drug-likeness (QED) is 0.645. The van der Waals surface area contributed by atoms with Crippen molar-refractivity contribution >= 4 is 12.0 Å². The lowest BCUT2D eigenvalue weighted by Crippen LogP contribution is -2.45. The van der Waals surface area contributed by atoms with Crippen LogP contribution in [0.4, 0.5) is 4.79 Å². The van der Waals surface area contributed by atoms with E-state index in [0.717, 1.165) is 6.54 Å². The van der Waals surface area contributed by atoms with Crippen LogP contribution in [-0.2, 0) is 6.54 Å². The molecule has 20 heavy (non-hydrogen) atoms. The first-order valence-electron chi connectivity index (χ1n) is 6.32. The second kappa shape index (κ2) is 7.49. The van der Waals surface area contributed by atoms with Crippen LogP contribution in [0.15, 0.2) is 12.5 Å². The normalized spacial score (nSPS) is 12.2. The van der Waals surface area contributed by atoms with Gasteiger partial charge in [0.2, 0.25) is 0 Å². The molecule has 1 heterocycles. The Hall–Kier alpha value is -2.09. The number of carboxylic acids is 1. The number of aromatic nitrogens is 2. The second-order valence-electron chi connectivity index (χ2n) is 4.87. The van der Waals surface area contributed by atoms with E-state index in [9.17, 15) is 9.59 Å². The van der Waals surface area contributed by atoms with E-state index in [1.807, 2.05) is 25.9 Å². The topological polar surface area (TPSA) is 99.5 Å². The van der Waals surface area contributed by atoms with E-state index < -0.39 is 5.97 Å². The van der Waals surface area contributed by atoms with Crippen LogP contribution in [0.5, 0.6) is 0 Å². The van der Waals surface area contributed by atoms with Gasteiger partial charge in [-0.05, 0) is 21.0 Å². The van der Waals surface area contributed by atoms with Crippen LogP contribution in [0.25, 0.3) is 0 Å². The fraction of sp³-hybridized carbons (Fsp3) is 0.583. The summed E-state index contributed by atoms with van der Waals surface area (Å²) in [5.41, 5.74) is -0.00550. The van der Waals surface area contributed by atoms with Gasteiger partial charge in [0.1, 0.15) is 0 Å². The Bertz CT molecular complexity index is 458. The van der Waals surface area contributed by atoms with Crippen LogP contribution >= 0.6 is 0 Å². The van der Waals surface area contributed by atoms with E-state index in [4.69, 9.17) is 5.11 Å². The zero-order chi connectivity index (χ0) is 15.1. The number of carbonyl (C=O) groups is 2. The monoisotopic (exact) mass is 283 g/mol. The van der Waals surface area contributed by atoms with Crippen molar-refractivity contribution in [1.29, 1.82) is 0 Å². The molecule has 0 bridgehead atoms. The molecule has 1 aromatic rings. The summed E-state index contributed by atoms with van der Waals surface area (Å²) in [7, 11) is 3.88. The summed E-state index contributed by atoms with van der Waals surface area (Å²) < 4.78 is 1.62. The van der Waals surface area contributed by atoms with E-state index in [0.29, 0.717) is 13.1 Å². The zero-order valence-corrected chi connectivity index (χ0v) is 12.0. The standard InChI is InChI=1S/C12H21N5O3/c1-9(6-16(2)3)15-12(20)13-4-5-17-7-10(11(18)19)14-8-17/h7-9H,4-6H2,1-3H3,(H,18,19)(H2,13,15,20). The van der Waals surface area contributed by atoms with Crippen LogP contribution in [-0.4, -0.2) is 64.8 Å². The highest BCUT2D eigenvalue weighted by atomic mass is 16.4. The van der Waals surface area contributed by atoms with Crippen molar-refractivity contribution in [3.8, 4) is 0 Å². The van der Waals surface area contributed by atoms with E-state index in [2.05, 4.69) is 15.6 Å². The van der Waals surface area contributed by atoms with Gasteiger partial charge in [-0.2, -0.15) is 0 Å². The van der Waals surface area contributed by atoms with Crippen LogP contribution in [0.2, 0.25) is 0 Å².